The molecule has 27 heavy (non-hydrogen) atoms. The van der Waals surface area contributed by atoms with Crippen molar-refractivity contribution in [1.82, 2.24) is 0 Å². The third-order valence-electron chi connectivity index (χ3n) is 3.07. The summed E-state index contributed by atoms with van der Waals surface area (Å²) in [6.45, 7) is 0.569. The molecule has 1 heterocycles. The van der Waals surface area contributed by atoms with Gasteiger partial charge in [0.15, 0.2) is 6.10 Å². The molecular formula is C13H22O12S2. The van der Waals surface area contributed by atoms with Crippen molar-refractivity contribution in [2.45, 2.75) is 32.0 Å². The van der Waals surface area contributed by atoms with Gasteiger partial charge in [0.05, 0.1) is 18.6 Å². The van der Waals surface area contributed by atoms with Crippen molar-refractivity contribution in [3.05, 3.63) is 0 Å². The van der Waals surface area contributed by atoms with E-state index >= 15 is 0 Å². The van der Waals surface area contributed by atoms with E-state index in [4.69, 9.17) is 8.37 Å². The molecule has 14 heteroatoms. The van der Waals surface area contributed by atoms with E-state index in [1.54, 1.807) is 0 Å². The van der Waals surface area contributed by atoms with Crippen LogP contribution in [0.5, 0.6) is 0 Å². The molecule has 0 aromatic carbocycles. The van der Waals surface area contributed by atoms with Gasteiger partial charge >= 0.3 is 12.3 Å². The van der Waals surface area contributed by atoms with E-state index in [0.29, 0.717) is 0 Å². The largest absolute Gasteiger partial charge is 0.508 e. The smallest absolute Gasteiger partial charge is 0.438 e. The summed E-state index contributed by atoms with van der Waals surface area (Å²) in [5.74, 6) is -0.826. The highest BCUT2D eigenvalue weighted by atomic mass is 32.2. The Morgan fingerprint density at radius 1 is 1.15 bits per heavy atom. The fraction of sp³-hybridized carbons (Fsp3) is 0.846. The zero-order valence-corrected chi connectivity index (χ0v) is 16.5. The molecule has 0 bridgehead atoms. The van der Waals surface area contributed by atoms with Crippen molar-refractivity contribution in [3.63, 3.8) is 0 Å². The summed E-state index contributed by atoms with van der Waals surface area (Å²) in [4.78, 5) is 21.6. The molecule has 1 aliphatic rings. The first kappa shape index (κ1) is 23.4. The first-order valence-electron chi connectivity index (χ1n) is 7.85. The second kappa shape index (κ2) is 10.6. The number of carbonyl (C=O) groups excluding carboxylic acids is 2. The van der Waals surface area contributed by atoms with Gasteiger partial charge in [-0.2, -0.15) is 16.8 Å². The lowest BCUT2D eigenvalue weighted by atomic mass is 10.4. The van der Waals surface area contributed by atoms with Crippen molar-refractivity contribution < 1.29 is 53.7 Å². The molecule has 0 aromatic rings. The van der Waals surface area contributed by atoms with E-state index in [9.17, 15) is 26.4 Å². The van der Waals surface area contributed by atoms with Gasteiger partial charge in [-0.25, -0.2) is 9.59 Å². The van der Waals surface area contributed by atoms with Crippen LogP contribution in [-0.4, -0.2) is 79.8 Å². The van der Waals surface area contributed by atoms with E-state index in [2.05, 4.69) is 18.9 Å². The molecule has 1 saturated heterocycles. The van der Waals surface area contributed by atoms with Crippen LogP contribution < -0.4 is 0 Å². The van der Waals surface area contributed by atoms with Gasteiger partial charge in [0.1, 0.15) is 25.9 Å². The molecule has 0 spiro atoms. The second-order valence-electron chi connectivity index (χ2n) is 5.48. The molecule has 2 atom stereocenters. The summed E-state index contributed by atoms with van der Waals surface area (Å²) in [6.07, 6.45) is -3.46. The minimum Gasteiger partial charge on any atom is -0.438 e. The standard InChI is InChI=1S/C13H22O12S2/c1-10(24-12(14)20-2)7-22-26(16,17)5-3-4-6-27(18,19)23-9-11-8-21-13(15)25-11/h10-11H,3-9H2,1-2H3. The Morgan fingerprint density at radius 2 is 1.74 bits per heavy atom. The SMILES string of the molecule is COC(=O)OC(C)COS(=O)(=O)CCCCS(=O)(=O)OCC1COC(=O)O1. The number of hydrogen-bond acceptors (Lipinski definition) is 12. The van der Waals surface area contributed by atoms with E-state index in [1.807, 2.05) is 0 Å². The lowest BCUT2D eigenvalue weighted by molar-refractivity contribution is 0.0264. The number of cyclic esters (lactones) is 2. The summed E-state index contributed by atoms with van der Waals surface area (Å²) in [5, 5.41) is 0. The maximum atomic E-state index is 11.7. The van der Waals surface area contributed by atoms with Gasteiger partial charge in [-0.05, 0) is 19.8 Å². The van der Waals surface area contributed by atoms with E-state index in [0.717, 1.165) is 7.11 Å². The summed E-state index contributed by atoms with van der Waals surface area (Å²) in [6, 6.07) is 0. The zero-order chi connectivity index (χ0) is 20.5. The van der Waals surface area contributed by atoms with E-state index in [-0.39, 0.29) is 32.7 Å². The molecule has 1 fully saturated rings. The number of hydrogen-bond donors (Lipinski definition) is 0. The number of unbranched alkanes of at least 4 members (excludes halogenated alkanes) is 1. The molecule has 1 aliphatic heterocycles. The Balaban J connectivity index is 2.22. The minimum atomic E-state index is -3.91. The summed E-state index contributed by atoms with van der Waals surface area (Å²) in [5.41, 5.74) is 0. The third-order valence-corrected chi connectivity index (χ3v) is 5.64. The maximum Gasteiger partial charge on any atom is 0.508 e. The second-order valence-corrected chi connectivity index (χ2v) is 9.00. The Morgan fingerprint density at radius 3 is 2.26 bits per heavy atom. The Bertz CT molecular complexity index is 699. The van der Waals surface area contributed by atoms with Crippen LogP contribution in [-0.2, 0) is 47.5 Å². The molecule has 0 radical (unpaired) electrons. The molecule has 158 valence electrons. The normalized spacial score (nSPS) is 18.4. The van der Waals surface area contributed by atoms with Crippen LogP contribution in [0.3, 0.4) is 0 Å². The van der Waals surface area contributed by atoms with Crippen LogP contribution >= 0.6 is 0 Å². The summed E-state index contributed by atoms with van der Waals surface area (Å²) in [7, 11) is -6.70. The van der Waals surface area contributed by atoms with Gasteiger partial charge < -0.3 is 18.9 Å². The van der Waals surface area contributed by atoms with Crippen LogP contribution in [0.2, 0.25) is 0 Å². The van der Waals surface area contributed by atoms with Gasteiger partial charge in [0, 0.05) is 0 Å². The van der Waals surface area contributed by atoms with Crippen molar-refractivity contribution in [2.24, 2.45) is 0 Å². The first-order valence-corrected chi connectivity index (χ1v) is 11.0. The van der Waals surface area contributed by atoms with Crippen LogP contribution in [0.1, 0.15) is 19.8 Å². The van der Waals surface area contributed by atoms with Gasteiger partial charge in [0.25, 0.3) is 20.2 Å². The van der Waals surface area contributed by atoms with Crippen molar-refractivity contribution in [2.75, 3.05) is 38.4 Å². The molecule has 0 amide bonds. The molecule has 0 saturated carbocycles. The van der Waals surface area contributed by atoms with Crippen molar-refractivity contribution >= 4 is 32.5 Å². The average Bonchev–Trinajstić information content (AvgIpc) is 3.01. The van der Waals surface area contributed by atoms with Crippen LogP contribution in [0, 0.1) is 0 Å². The van der Waals surface area contributed by atoms with Gasteiger partial charge in [-0.15, -0.1) is 0 Å². The first-order chi connectivity index (χ1) is 12.5. The van der Waals surface area contributed by atoms with Gasteiger partial charge in [-0.3, -0.25) is 8.37 Å². The van der Waals surface area contributed by atoms with Crippen LogP contribution in [0.15, 0.2) is 0 Å². The number of ether oxygens (including phenoxy) is 4. The zero-order valence-electron chi connectivity index (χ0n) is 14.8. The third kappa shape index (κ3) is 10.3. The highest BCUT2D eigenvalue weighted by molar-refractivity contribution is 7.87. The quantitative estimate of drug-likeness (QED) is 0.233. The average molecular weight is 434 g/mol. The Hall–Kier alpha value is -1.64. The van der Waals surface area contributed by atoms with E-state index < -0.39 is 56.3 Å². The van der Waals surface area contributed by atoms with Crippen molar-refractivity contribution in [1.29, 1.82) is 0 Å². The molecule has 0 aliphatic carbocycles. The van der Waals surface area contributed by atoms with Crippen LogP contribution in [0.4, 0.5) is 9.59 Å². The lowest BCUT2D eigenvalue weighted by Crippen LogP contribution is -2.24. The highest BCUT2D eigenvalue weighted by Crippen LogP contribution is 2.10. The summed E-state index contributed by atoms with van der Waals surface area (Å²) < 4.78 is 74.2. The molecule has 0 N–H and O–H groups in total. The predicted molar refractivity (Wildman–Crippen MR) is 87.9 cm³/mol. The number of rotatable bonds is 12. The topological polar surface area (TPSA) is 158 Å². The molecular weight excluding hydrogens is 412 g/mol. The molecule has 2 unspecified atom stereocenters. The lowest BCUT2D eigenvalue weighted by Gasteiger charge is -2.12. The van der Waals surface area contributed by atoms with Gasteiger partial charge in [0.2, 0.25) is 0 Å². The Labute approximate surface area is 157 Å². The predicted octanol–water partition coefficient (Wildman–Crippen LogP) is 0.166. The minimum absolute atomic E-state index is 0.0126. The summed E-state index contributed by atoms with van der Waals surface area (Å²) >= 11 is 0. The molecule has 0 aromatic heterocycles. The molecule has 1 rings (SSSR count). The monoisotopic (exact) mass is 434 g/mol. The fourth-order valence-electron chi connectivity index (χ4n) is 1.75. The van der Waals surface area contributed by atoms with E-state index in [1.165, 1.54) is 6.92 Å². The number of carbonyl (C=O) groups is 2. The Kier molecular flexibility index (Phi) is 9.21. The molecule has 12 nitrogen and oxygen atoms in total. The van der Waals surface area contributed by atoms with Gasteiger partial charge in [-0.1, -0.05) is 0 Å². The fourth-order valence-corrected chi connectivity index (χ4v) is 3.86. The van der Waals surface area contributed by atoms with Crippen molar-refractivity contribution in [3.8, 4) is 0 Å². The highest BCUT2D eigenvalue weighted by Gasteiger charge is 2.27. The maximum absolute atomic E-state index is 11.7. The van der Waals surface area contributed by atoms with Crippen LogP contribution in [0.25, 0.3) is 0 Å². The number of methoxy groups -OCH3 is 1.